The molecule has 1 heterocycles. The second-order valence-corrected chi connectivity index (χ2v) is 6.02. The number of rotatable bonds is 5. The summed E-state index contributed by atoms with van der Waals surface area (Å²) >= 11 is 0. The van der Waals surface area contributed by atoms with Crippen molar-refractivity contribution >= 4 is 5.69 Å². The molecule has 0 saturated carbocycles. The van der Waals surface area contributed by atoms with Gasteiger partial charge in [0.1, 0.15) is 0 Å². The molecule has 0 amide bonds. The Morgan fingerprint density at radius 3 is 2.84 bits per heavy atom. The van der Waals surface area contributed by atoms with Crippen LogP contribution in [0.3, 0.4) is 0 Å². The molecule has 2 rings (SSSR count). The molecule has 1 unspecified atom stereocenters. The summed E-state index contributed by atoms with van der Waals surface area (Å²) in [6.07, 6.45) is 1.93. The largest absolute Gasteiger partial charge is 0.371 e. The van der Waals surface area contributed by atoms with E-state index in [2.05, 4.69) is 35.2 Å². The van der Waals surface area contributed by atoms with Crippen molar-refractivity contribution in [3.63, 3.8) is 0 Å². The first-order valence-corrected chi connectivity index (χ1v) is 7.02. The van der Waals surface area contributed by atoms with Crippen LogP contribution in [0.5, 0.6) is 0 Å². The van der Waals surface area contributed by atoms with Gasteiger partial charge in [-0.05, 0) is 44.9 Å². The van der Waals surface area contributed by atoms with Crippen molar-refractivity contribution in [3.05, 3.63) is 29.8 Å². The predicted octanol–water partition coefficient (Wildman–Crippen LogP) is 2.88. The lowest BCUT2D eigenvalue weighted by Crippen LogP contribution is -2.27. The van der Waals surface area contributed by atoms with Crippen molar-refractivity contribution in [3.8, 4) is 6.07 Å². The van der Waals surface area contributed by atoms with E-state index in [4.69, 9.17) is 11.0 Å². The molecule has 0 spiro atoms. The molecule has 0 saturated heterocycles. The van der Waals surface area contributed by atoms with Crippen LogP contribution < -0.4 is 10.6 Å². The molecule has 102 valence electrons. The van der Waals surface area contributed by atoms with E-state index in [1.165, 1.54) is 11.3 Å². The molecule has 0 radical (unpaired) electrons. The Bertz CT molecular complexity index is 473. The summed E-state index contributed by atoms with van der Waals surface area (Å²) in [5, 5.41) is 9.11. The van der Waals surface area contributed by atoms with E-state index in [9.17, 15) is 0 Å². The molecule has 0 fully saturated rings. The molecular formula is C16H23N3. The van der Waals surface area contributed by atoms with Crippen molar-refractivity contribution in [2.24, 2.45) is 11.1 Å². The number of hydrogen-bond acceptors (Lipinski definition) is 3. The Morgan fingerprint density at radius 1 is 1.42 bits per heavy atom. The highest BCUT2D eigenvalue weighted by Crippen LogP contribution is 2.38. The van der Waals surface area contributed by atoms with Gasteiger partial charge in [0, 0.05) is 24.7 Å². The Labute approximate surface area is 116 Å². The first-order chi connectivity index (χ1) is 9.07. The van der Waals surface area contributed by atoms with Gasteiger partial charge >= 0.3 is 0 Å². The van der Waals surface area contributed by atoms with E-state index in [1.54, 1.807) is 0 Å². The number of fused-ring (bicyclic) bond motifs is 1. The summed E-state index contributed by atoms with van der Waals surface area (Å²) in [5.41, 5.74) is 8.21. The highest BCUT2D eigenvalue weighted by Gasteiger charge is 2.28. The van der Waals surface area contributed by atoms with E-state index < -0.39 is 0 Å². The highest BCUT2D eigenvalue weighted by molar-refractivity contribution is 5.60. The van der Waals surface area contributed by atoms with Crippen molar-refractivity contribution < 1.29 is 0 Å². The van der Waals surface area contributed by atoms with E-state index in [1.807, 2.05) is 13.8 Å². The van der Waals surface area contributed by atoms with Gasteiger partial charge in [-0.25, -0.2) is 0 Å². The highest BCUT2D eigenvalue weighted by atomic mass is 15.2. The van der Waals surface area contributed by atoms with Crippen LogP contribution in [-0.2, 0) is 0 Å². The van der Waals surface area contributed by atoms with Crippen molar-refractivity contribution in [2.45, 2.75) is 32.6 Å². The Morgan fingerprint density at radius 2 is 2.16 bits per heavy atom. The van der Waals surface area contributed by atoms with Gasteiger partial charge in [-0.1, -0.05) is 18.2 Å². The molecule has 2 N–H and O–H groups in total. The summed E-state index contributed by atoms with van der Waals surface area (Å²) < 4.78 is 0. The third-order valence-corrected chi connectivity index (χ3v) is 3.98. The van der Waals surface area contributed by atoms with Crippen LogP contribution in [0.25, 0.3) is 0 Å². The molecule has 0 aliphatic carbocycles. The number of para-hydroxylation sites is 1. The van der Waals surface area contributed by atoms with Crippen molar-refractivity contribution in [1.29, 1.82) is 5.26 Å². The van der Waals surface area contributed by atoms with Gasteiger partial charge in [0.15, 0.2) is 0 Å². The lowest BCUT2D eigenvalue weighted by atomic mass is 9.91. The van der Waals surface area contributed by atoms with Gasteiger partial charge in [0.05, 0.1) is 11.5 Å². The minimum atomic E-state index is -0.249. The molecular weight excluding hydrogens is 234 g/mol. The van der Waals surface area contributed by atoms with E-state index in [-0.39, 0.29) is 5.41 Å². The Kier molecular flexibility index (Phi) is 4.11. The summed E-state index contributed by atoms with van der Waals surface area (Å²) in [5.74, 6) is 0.548. The Balaban J connectivity index is 2.10. The van der Waals surface area contributed by atoms with Gasteiger partial charge in [-0.3, -0.25) is 0 Å². The van der Waals surface area contributed by atoms with Crippen LogP contribution in [-0.4, -0.2) is 19.6 Å². The minimum absolute atomic E-state index is 0.249. The average molecular weight is 257 g/mol. The van der Waals surface area contributed by atoms with Crippen LogP contribution in [0, 0.1) is 16.7 Å². The van der Waals surface area contributed by atoms with Gasteiger partial charge < -0.3 is 10.6 Å². The number of nitrogens with two attached hydrogens (primary N) is 1. The smallest absolute Gasteiger partial charge is 0.0684 e. The van der Waals surface area contributed by atoms with E-state index >= 15 is 0 Å². The molecule has 1 aliphatic rings. The molecule has 1 atom stereocenters. The summed E-state index contributed by atoms with van der Waals surface area (Å²) in [6, 6.07) is 11.0. The van der Waals surface area contributed by atoms with Gasteiger partial charge in [-0.2, -0.15) is 5.26 Å². The fraction of sp³-hybridized carbons (Fsp3) is 0.562. The van der Waals surface area contributed by atoms with Crippen LogP contribution in [0.4, 0.5) is 5.69 Å². The van der Waals surface area contributed by atoms with Gasteiger partial charge in [0.25, 0.3) is 0 Å². The van der Waals surface area contributed by atoms with Crippen LogP contribution in [0.1, 0.15) is 38.2 Å². The molecule has 0 bridgehead atoms. The molecule has 3 nitrogen and oxygen atoms in total. The molecule has 1 aromatic carbocycles. The molecule has 0 aromatic heterocycles. The number of nitrogens with zero attached hydrogens (tertiary/aromatic N) is 2. The third-order valence-electron chi connectivity index (χ3n) is 3.98. The maximum atomic E-state index is 9.11. The third kappa shape index (κ3) is 3.08. The monoisotopic (exact) mass is 257 g/mol. The second-order valence-electron chi connectivity index (χ2n) is 6.02. The summed E-state index contributed by atoms with van der Waals surface area (Å²) in [4.78, 5) is 2.41. The lowest BCUT2D eigenvalue weighted by molar-refractivity contribution is 0.449. The number of anilines is 1. The van der Waals surface area contributed by atoms with Crippen LogP contribution in [0.2, 0.25) is 0 Å². The number of hydrogen-bond donors (Lipinski definition) is 1. The van der Waals surface area contributed by atoms with E-state index in [0.717, 1.165) is 32.5 Å². The zero-order valence-corrected chi connectivity index (χ0v) is 11.9. The first kappa shape index (κ1) is 13.9. The van der Waals surface area contributed by atoms with Crippen LogP contribution >= 0.6 is 0 Å². The second kappa shape index (κ2) is 5.63. The van der Waals surface area contributed by atoms with Gasteiger partial charge in [-0.15, -0.1) is 0 Å². The fourth-order valence-corrected chi connectivity index (χ4v) is 2.71. The minimum Gasteiger partial charge on any atom is -0.371 e. The quantitative estimate of drug-likeness (QED) is 0.882. The lowest BCUT2D eigenvalue weighted by Gasteiger charge is -2.24. The van der Waals surface area contributed by atoms with Crippen LogP contribution in [0.15, 0.2) is 24.3 Å². The zero-order chi connectivity index (χ0) is 13.9. The maximum absolute atomic E-state index is 9.11. The maximum Gasteiger partial charge on any atom is 0.0684 e. The normalized spacial score (nSPS) is 18.2. The Hall–Kier alpha value is -1.53. The first-order valence-electron chi connectivity index (χ1n) is 7.02. The predicted molar refractivity (Wildman–Crippen MR) is 79.1 cm³/mol. The molecule has 19 heavy (non-hydrogen) atoms. The summed E-state index contributed by atoms with van der Waals surface area (Å²) in [6.45, 7) is 6.73. The SMILES string of the molecule is CC(C)(C#N)CCN1CC(CCN)c2ccccc21. The number of benzene rings is 1. The fourth-order valence-electron chi connectivity index (χ4n) is 2.71. The van der Waals surface area contributed by atoms with Crippen molar-refractivity contribution in [2.75, 3.05) is 24.5 Å². The summed E-state index contributed by atoms with van der Waals surface area (Å²) in [7, 11) is 0. The topological polar surface area (TPSA) is 53.0 Å². The standard InChI is InChI=1S/C16H23N3/c1-16(2,12-18)8-10-19-11-13(7-9-17)14-5-3-4-6-15(14)19/h3-6,13H,7-11,17H2,1-2H3. The molecule has 3 heteroatoms. The zero-order valence-electron chi connectivity index (χ0n) is 11.9. The van der Waals surface area contributed by atoms with Crippen molar-refractivity contribution in [1.82, 2.24) is 0 Å². The molecule has 1 aromatic rings. The number of nitriles is 1. The van der Waals surface area contributed by atoms with E-state index in [0.29, 0.717) is 5.92 Å². The molecule has 1 aliphatic heterocycles. The van der Waals surface area contributed by atoms with Gasteiger partial charge in [0.2, 0.25) is 0 Å². The average Bonchev–Trinajstić information content (AvgIpc) is 2.76.